The first-order valence-corrected chi connectivity index (χ1v) is 4.06. The Labute approximate surface area is 88.1 Å². The first kappa shape index (κ1) is 12.2. The van der Waals surface area contributed by atoms with Gasteiger partial charge in [-0.3, -0.25) is 0 Å². The normalized spacial score (nSPS) is 11.0. The fourth-order valence-corrected chi connectivity index (χ4v) is 0.882. The van der Waals surface area contributed by atoms with E-state index in [0.717, 1.165) is 18.2 Å². The van der Waals surface area contributed by atoms with Crippen LogP contribution >= 0.6 is 0 Å². The zero-order valence-corrected chi connectivity index (χ0v) is 7.84. The molecule has 86 valence electrons. The molecule has 0 aliphatic carbocycles. The van der Waals surface area contributed by atoms with Crippen molar-refractivity contribution in [3.63, 3.8) is 0 Å². The number of hydrogen-bond donors (Lipinski definition) is 0. The Balaban J connectivity index is 2.98. The second-order valence-electron chi connectivity index (χ2n) is 2.76. The summed E-state index contributed by atoms with van der Waals surface area (Å²) in [5.41, 5.74) is -0.901. The van der Waals surface area contributed by atoms with Crippen LogP contribution < -0.4 is 0 Å². The molecular weight excluding hydrogens is 228 g/mol. The summed E-state index contributed by atoms with van der Waals surface area (Å²) in [7, 11) is 0. The summed E-state index contributed by atoms with van der Waals surface area (Å²) in [5.74, 6) is -4.52. The van der Waals surface area contributed by atoms with Crippen molar-refractivity contribution < 1.29 is 27.1 Å². The number of halogens is 4. The molecule has 0 radical (unpaired) electrons. The molecule has 2 nitrogen and oxygen atoms in total. The predicted octanol–water partition coefficient (Wildman–Crippen LogP) is 2.90. The van der Waals surface area contributed by atoms with E-state index < -0.39 is 29.3 Å². The van der Waals surface area contributed by atoms with Crippen LogP contribution in [0.4, 0.5) is 17.6 Å². The van der Waals surface area contributed by atoms with Gasteiger partial charge >= 0.3 is 12.1 Å². The van der Waals surface area contributed by atoms with Crippen LogP contribution in [-0.2, 0) is 4.74 Å². The first-order chi connectivity index (χ1) is 7.37. The number of rotatable bonds is 3. The van der Waals surface area contributed by atoms with Crippen molar-refractivity contribution in [3.8, 4) is 0 Å². The summed E-state index contributed by atoms with van der Waals surface area (Å²) in [6.07, 6.45) is -3.85. The van der Waals surface area contributed by atoms with Crippen molar-refractivity contribution in [1.29, 1.82) is 0 Å². The number of alkyl halides is 2. The Morgan fingerprint density at radius 1 is 1.38 bits per heavy atom. The van der Waals surface area contributed by atoms with Gasteiger partial charge in [0.05, 0.1) is 5.56 Å². The summed E-state index contributed by atoms with van der Waals surface area (Å²) in [6, 6.07) is 2.58. The summed E-state index contributed by atoms with van der Waals surface area (Å²) in [5, 5.41) is 0. The third-order valence-electron chi connectivity index (χ3n) is 1.64. The summed E-state index contributed by atoms with van der Waals surface area (Å²) < 4.78 is 54.3. The lowest BCUT2D eigenvalue weighted by Crippen LogP contribution is -2.23. The molecule has 0 heterocycles. The van der Waals surface area contributed by atoms with Crippen LogP contribution in [0.25, 0.3) is 0 Å². The maximum Gasteiger partial charge on any atom is 0.421 e. The van der Waals surface area contributed by atoms with Gasteiger partial charge in [-0.2, -0.15) is 8.78 Å². The molecule has 1 rings (SSSR count). The van der Waals surface area contributed by atoms with Gasteiger partial charge in [0.2, 0.25) is 0 Å². The van der Waals surface area contributed by atoms with E-state index in [2.05, 4.69) is 11.3 Å². The fourth-order valence-electron chi connectivity index (χ4n) is 0.882. The molecule has 6 heteroatoms. The predicted molar refractivity (Wildman–Crippen MR) is 46.9 cm³/mol. The molecule has 0 amide bonds. The Kier molecular flexibility index (Phi) is 3.31. The molecule has 0 atom stereocenters. The van der Waals surface area contributed by atoms with Gasteiger partial charge in [0.1, 0.15) is 0 Å². The molecule has 0 aliphatic rings. The van der Waals surface area contributed by atoms with Gasteiger partial charge in [-0.25, -0.2) is 13.6 Å². The van der Waals surface area contributed by atoms with Crippen molar-refractivity contribution in [2.24, 2.45) is 0 Å². The summed E-state index contributed by atoms with van der Waals surface area (Å²) in [6.45, 7) is 2.72. The van der Waals surface area contributed by atoms with Crippen LogP contribution in [0.3, 0.4) is 0 Å². The van der Waals surface area contributed by atoms with Crippen LogP contribution in [0.1, 0.15) is 10.4 Å². The average Bonchev–Trinajstić information content (AvgIpc) is 2.21. The molecule has 1 aromatic rings. The average molecular weight is 234 g/mol. The van der Waals surface area contributed by atoms with E-state index in [0.29, 0.717) is 0 Å². The topological polar surface area (TPSA) is 26.3 Å². The van der Waals surface area contributed by atoms with Crippen molar-refractivity contribution >= 4 is 5.97 Å². The highest BCUT2D eigenvalue weighted by atomic mass is 19.3. The van der Waals surface area contributed by atoms with Gasteiger partial charge in [-0.05, 0) is 12.1 Å². The molecule has 0 fully saturated rings. The largest absolute Gasteiger partial charge is 0.421 e. The van der Waals surface area contributed by atoms with Gasteiger partial charge in [0.25, 0.3) is 0 Å². The number of benzene rings is 1. The van der Waals surface area contributed by atoms with E-state index in [1.54, 1.807) is 0 Å². The molecule has 0 N–H and O–H groups in total. The smallest absolute Gasteiger partial charge is 0.394 e. The summed E-state index contributed by atoms with van der Waals surface area (Å²) in [4.78, 5) is 11.0. The highest BCUT2D eigenvalue weighted by molar-refractivity contribution is 5.89. The Hall–Kier alpha value is -1.85. The third-order valence-corrected chi connectivity index (χ3v) is 1.64. The minimum absolute atomic E-state index is 0.0715. The molecule has 16 heavy (non-hydrogen) atoms. The Morgan fingerprint density at radius 2 is 2.00 bits per heavy atom. The number of ether oxygens (including phenoxy) is 1. The van der Waals surface area contributed by atoms with Crippen LogP contribution in [0.2, 0.25) is 0 Å². The van der Waals surface area contributed by atoms with Gasteiger partial charge < -0.3 is 4.74 Å². The zero-order chi connectivity index (χ0) is 12.3. The van der Waals surface area contributed by atoms with Gasteiger partial charge in [-0.1, -0.05) is 12.6 Å². The lowest BCUT2D eigenvalue weighted by Gasteiger charge is -2.12. The van der Waals surface area contributed by atoms with Crippen LogP contribution in [0.15, 0.2) is 30.9 Å². The highest BCUT2D eigenvalue weighted by Gasteiger charge is 2.31. The molecular formula is C10H6F4O2. The fraction of sp³-hybridized carbons (Fsp3) is 0.100. The molecule has 0 unspecified atom stereocenters. The van der Waals surface area contributed by atoms with Crippen molar-refractivity contribution in [1.82, 2.24) is 0 Å². The van der Waals surface area contributed by atoms with Crippen LogP contribution in [-0.4, -0.2) is 12.1 Å². The highest BCUT2D eigenvalue weighted by Crippen LogP contribution is 2.20. The molecule has 0 bridgehead atoms. The Morgan fingerprint density at radius 3 is 2.56 bits per heavy atom. The Bertz CT molecular complexity index is 429. The second kappa shape index (κ2) is 4.34. The SMILES string of the molecule is C=CC(F)(F)OC(=O)c1cccc(F)c1F. The van der Waals surface area contributed by atoms with E-state index >= 15 is 0 Å². The van der Waals surface area contributed by atoms with Crippen LogP contribution in [0, 0.1) is 11.6 Å². The van der Waals surface area contributed by atoms with Gasteiger partial charge in [0.15, 0.2) is 11.6 Å². The van der Waals surface area contributed by atoms with Gasteiger partial charge in [-0.15, -0.1) is 0 Å². The van der Waals surface area contributed by atoms with Crippen molar-refractivity contribution in [2.45, 2.75) is 6.11 Å². The van der Waals surface area contributed by atoms with E-state index in [1.165, 1.54) is 0 Å². The molecule has 0 saturated carbocycles. The summed E-state index contributed by atoms with van der Waals surface area (Å²) >= 11 is 0. The number of esters is 1. The van der Waals surface area contributed by atoms with E-state index in [-0.39, 0.29) is 6.08 Å². The molecule has 0 saturated heterocycles. The van der Waals surface area contributed by atoms with E-state index in [4.69, 9.17) is 0 Å². The minimum atomic E-state index is -3.92. The first-order valence-electron chi connectivity index (χ1n) is 4.06. The monoisotopic (exact) mass is 234 g/mol. The number of hydrogen-bond acceptors (Lipinski definition) is 2. The van der Waals surface area contributed by atoms with Crippen molar-refractivity contribution in [2.75, 3.05) is 0 Å². The van der Waals surface area contributed by atoms with E-state index in [9.17, 15) is 22.4 Å². The third kappa shape index (κ3) is 2.59. The number of carbonyl (C=O) groups excluding carboxylic acids is 1. The molecule has 0 aromatic heterocycles. The minimum Gasteiger partial charge on any atom is -0.394 e. The van der Waals surface area contributed by atoms with Crippen molar-refractivity contribution in [3.05, 3.63) is 48.1 Å². The molecule has 0 aliphatic heterocycles. The van der Waals surface area contributed by atoms with Gasteiger partial charge in [0, 0.05) is 6.08 Å². The van der Waals surface area contributed by atoms with E-state index in [1.807, 2.05) is 0 Å². The lowest BCUT2D eigenvalue weighted by molar-refractivity contribution is -0.160. The number of carbonyl (C=O) groups is 1. The lowest BCUT2D eigenvalue weighted by atomic mass is 10.2. The maximum atomic E-state index is 13.0. The standard InChI is InChI=1S/C10H6F4O2/c1-2-10(13,14)16-9(15)6-4-3-5-7(11)8(6)12/h2-5H,1H2. The van der Waals surface area contributed by atoms with Crippen LogP contribution in [0.5, 0.6) is 0 Å². The maximum absolute atomic E-state index is 13.0. The quantitative estimate of drug-likeness (QED) is 0.456. The molecule has 1 aromatic carbocycles. The second-order valence-corrected chi connectivity index (χ2v) is 2.76. The molecule has 0 spiro atoms. The zero-order valence-electron chi connectivity index (χ0n) is 7.84.